The fourth-order valence-corrected chi connectivity index (χ4v) is 4.31. The normalized spacial score (nSPS) is 31.7. The lowest BCUT2D eigenvalue weighted by atomic mass is 9.78. The van der Waals surface area contributed by atoms with E-state index in [0.717, 1.165) is 24.4 Å². The Kier molecular flexibility index (Phi) is 3.60. The monoisotopic (exact) mass is 313 g/mol. The van der Waals surface area contributed by atoms with Gasteiger partial charge in [-0.15, -0.1) is 0 Å². The molecule has 3 saturated heterocycles. The minimum Gasteiger partial charge on any atom is -0.496 e. The molecule has 122 valence electrons. The van der Waals surface area contributed by atoms with Crippen LogP contribution in [-0.4, -0.2) is 47.8 Å². The van der Waals surface area contributed by atoms with Crippen LogP contribution in [0.4, 0.5) is 0 Å². The maximum atomic E-state index is 12.5. The Hall–Kier alpha value is -1.88. The number of methoxy groups -OCH3 is 1. The van der Waals surface area contributed by atoms with Gasteiger partial charge in [0.15, 0.2) is 0 Å². The molecule has 0 radical (unpaired) electrons. The summed E-state index contributed by atoms with van der Waals surface area (Å²) in [5.41, 5.74) is 2.27. The summed E-state index contributed by atoms with van der Waals surface area (Å²) in [5, 5.41) is 6.53. The molecule has 0 saturated carbocycles. The third-order valence-electron chi connectivity index (χ3n) is 5.45. The first-order valence-corrected chi connectivity index (χ1v) is 8.52. The van der Waals surface area contributed by atoms with Crippen LogP contribution in [0.25, 0.3) is 0 Å². The van der Waals surface area contributed by atoms with E-state index in [9.17, 15) is 4.79 Å². The number of carbonyl (C=O) groups excluding carboxylic acids is 1. The van der Waals surface area contributed by atoms with Crippen LogP contribution < -0.4 is 4.74 Å². The molecule has 5 rings (SSSR count). The number of fused-ring (bicyclic) bond motifs is 2. The van der Waals surface area contributed by atoms with Crippen molar-refractivity contribution < 1.29 is 9.53 Å². The highest BCUT2D eigenvalue weighted by atomic mass is 16.5. The quantitative estimate of drug-likeness (QED) is 0.861. The zero-order chi connectivity index (χ0) is 16.0. The van der Waals surface area contributed by atoms with E-state index in [1.807, 2.05) is 25.1 Å². The molecule has 0 aromatic heterocycles. The van der Waals surface area contributed by atoms with Gasteiger partial charge in [0.1, 0.15) is 11.8 Å². The standard InChI is InChI=1S/C18H23N3O2/c1-3-15(22)21-17(13-6-4-5-7-14(13)23-2)18-16(19-21)12-8-10-20(18)11-9-12/h4-7,12,17-18H,3,8-11H2,1-2H3. The second-order valence-corrected chi connectivity index (χ2v) is 6.56. The van der Waals surface area contributed by atoms with Gasteiger partial charge in [-0.1, -0.05) is 25.1 Å². The van der Waals surface area contributed by atoms with Crippen molar-refractivity contribution in [3.8, 4) is 5.75 Å². The van der Waals surface area contributed by atoms with Crippen molar-refractivity contribution >= 4 is 11.6 Å². The minimum absolute atomic E-state index is 0.0586. The van der Waals surface area contributed by atoms with Crippen LogP contribution in [-0.2, 0) is 4.79 Å². The summed E-state index contributed by atoms with van der Waals surface area (Å²) in [4.78, 5) is 15.0. The summed E-state index contributed by atoms with van der Waals surface area (Å²) in [6.07, 6.45) is 2.81. The number of hydrogen-bond donors (Lipinski definition) is 0. The van der Waals surface area contributed by atoms with Crippen LogP contribution in [0.15, 0.2) is 29.4 Å². The summed E-state index contributed by atoms with van der Waals surface area (Å²) < 4.78 is 5.57. The lowest BCUT2D eigenvalue weighted by Crippen LogP contribution is -2.56. The largest absolute Gasteiger partial charge is 0.496 e. The SMILES string of the molecule is CCC(=O)N1N=C2C3CCN(CC3)C2C1c1ccccc1OC. The Morgan fingerprint density at radius 2 is 2.00 bits per heavy atom. The predicted molar refractivity (Wildman–Crippen MR) is 88.4 cm³/mol. The van der Waals surface area contributed by atoms with Crippen molar-refractivity contribution in [1.29, 1.82) is 0 Å². The number of hydrazone groups is 1. The average molecular weight is 313 g/mol. The zero-order valence-electron chi connectivity index (χ0n) is 13.7. The number of para-hydroxylation sites is 1. The Bertz CT molecular complexity index is 649. The molecular weight excluding hydrogens is 290 g/mol. The smallest absolute Gasteiger partial charge is 0.243 e. The fraction of sp³-hybridized carbons (Fsp3) is 0.556. The molecule has 4 heterocycles. The van der Waals surface area contributed by atoms with Gasteiger partial charge in [0.25, 0.3) is 0 Å². The molecule has 5 nitrogen and oxygen atoms in total. The van der Waals surface area contributed by atoms with E-state index in [2.05, 4.69) is 11.0 Å². The van der Waals surface area contributed by atoms with E-state index < -0.39 is 0 Å². The number of hydrogen-bond acceptors (Lipinski definition) is 4. The summed E-state index contributed by atoms with van der Waals surface area (Å²) in [6.45, 7) is 4.11. The molecule has 23 heavy (non-hydrogen) atoms. The molecule has 1 aromatic rings. The molecule has 1 aromatic carbocycles. The second-order valence-electron chi connectivity index (χ2n) is 6.56. The third kappa shape index (κ3) is 2.17. The first-order chi connectivity index (χ1) is 11.2. The number of amides is 1. The molecule has 0 N–H and O–H groups in total. The van der Waals surface area contributed by atoms with Gasteiger partial charge in [-0.3, -0.25) is 9.69 Å². The maximum absolute atomic E-state index is 12.5. The number of carbonyl (C=O) groups is 1. The van der Waals surface area contributed by atoms with Crippen LogP contribution in [0.2, 0.25) is 0 Å². The van der Waals surface area contributed by atoms with Gasteiger partial charge in [-0.05, 0) is 32.0 Å². The van der Waals surface area contributed by atoms with Crippen LogP contribution in [0.5, 0.6) is 5.75 Å². The van der Waals surface area contributed by atoms with Gasteiger partial charge in [0.05, 0.1) is 18.9 Å². The molecule has 2 atom stereocenters. The Morgan fingerprint density at radius 3 is 2.70 bits per heavy atom. The first-order valence-electron chi connectivity index (χ1n) is 8.52. The van der Waals surface area contributed by atoms with Crippen molar-refractivity contribution in [1.82, 2.24) is 9.91 Å². The number of benzene rings is 1. The molecule has 3 fully saturated rings. The molecule has 4 aliphatic heterocycles. The lowest BCUT2D eigenvalue weighted by molar-refractivity contribution is -0.133. The van der Waals surface area contributed by atoms with E-state index in [-0.39, 0.29) is 18.0 Å². The van der Waals surface area contributed by atoms with Crippen molar-refractivity contribution in [2.45, 2.75) is 38.3 Å². The molecule has 4 aliphatic rings. The van der Waals surface area contributed by atoms with Gasteiger partial charge >= 0.3 is 0 Å². The van der Waals surface area contributed by atoms with E-state index in [4.69, 9.17) is 9.84 Å². The molecule has 5 heteroatoms. The number of piperidine rings is 3. The Balaban J connectivity index is 1.80. The van der Waals surface area contributed by atoms with Crippen LogP contribution in [0.3, 0.4) is 0 Å². The molecule has 2 bridgehead atoms. The molecular formula is C18H23N3O2. The van der Waals surface area contributed by atoms with E-state index in [1.54, 1.807) is 12.1 Å². The summed E-state index contributed by atoms with van der Waals surface area (Å²) in [6, 6.07) is 8.18. The third-order valence-corrected chi connectivity index (χ3v) is 5.45. The van der Waals surface area contributed by atoms with Gasteiger partial charge in [-0.2, -0.15) is 5.10 Å². The van der Waals surface area contributed by atoms with Crippen molar-refractivity contribution in [2.75, 3.05) is 20.2 Å². The van der Waals surface area contributed by atoms with Gasteiger partial charge in [-0.25, -0.2) is 5.01 Å². The summed E-state index contributed by atoms with van der Waals surface area (Å²) in [5.74, 6) is 1.46. The van der Waals surface area contributed by atoms with Gasteiger partial charge in [0.2, 0.25) is 5.91 Å². The maximum Gasteiger partial charge on any atom is 0.243 e. The highest BCUT2D eigenvalue weighted by molar-refractivity contribution is 5.97. The van der Waals surface area contributed by atoms with Gasteiger partial charge < -0.3 is 4.74 Å². The number of rotatable bonds is 3. The van der Waals surface area contributed by atoms with Crippen molar-refractivity contribution in [3.63, 3.8) is 0 Å². The number of ether oxygens (including phenoxy) is 1. The predicted octanol–water partition coefficient (Wildman–Crippen LogP) is 2.44. The van der Waals surface area contributed by atoms with Crippen molar-refractivity contribution in [3.05, 3.63) is 29.8 Å². The highest BCUT2D eigenvalue weighted by Gasteiger charge is 2.51. The first kappa shape index (κ1) is 14.7. The van der Waals surface area contributed by atoms with Crippen LogP contribution >= 0.6 is 0 Å². The summed E-state index contributed by atoms with van der Waals surface area (Å²) in [7, 11) is 1.69. The van der Waals surface area contributed by atoms with Crippen molar-refractivity contribution in [2.24, 2.45) is 11.0 Å². The van der Waals surface area contributed by atoms with Crippen LogP contribution in [0, 0.1) is 5.92 Å². The average Bonchev–Trinajstić information content (AvgIpc) is 3.04. The second kappa shape index (κ2) is 5.64. The molecule has 2 unspecified atom stereocenters. The Labute approximate surface area is 136 Å². The molecule has 0 aliphatic carbocycles. The Morgan fingerprint density at radius 1 is 1.26 bits per heavy atom. The van der Waals surface area contributed by atoms with Gasteiger partial charge in [0, 0.05) is 17.9 Å². The lowest BCUT2D eigenvalue weighted by Gasteiger charge is -2.46. The minimum atomic E-state index is -0.0586. The topological polar surface area (TPSA) is 45.1 Å². The highest BCUT2D eigenvalue weighted by Crippen LogP contribution is 2.45. The zero-order valence-corrected chi connectivity index (χ0v) is 13.7. The fourth-order valence-electron chi connectivity index (χ4n) is 4.31. The summed E-state index contributed by atoms with van der Waals surface area (Å²) >= 11 is 0. The van der Waals surface area contributed by atoms with E-state index in [0.29, 0.717) is 12.3 Å². The van der Waals surface area contributed by atoms with E-state index >= 15 is 0 Å². The molecule has 1 amide bonds. The van der Waals surface area contributed by atoms with Crippen LogP contribution in [0.1, 0.15) is 37.8 Å². The van der Waals surface area contributed by atoms with E-state index in [1.165, 1.54) is 18.6 Å². The number of nitrogens with zero attached hydrogens (tertiary/aromatic N) is 3. The molecule has 0 spiro atoms.